The topological polar surface area (TPSA) is 103 Å². The van der Waals surface area contributed by atoms with Crippen molar-refractivity contribution >= 4 is 15.9 Å². The van der Waals surface area contributed by atoms with Crippen LogP contribution in [0.3, 0.4) is 0 Å². The van der Waals surface area contributed by atoms with Gasteiger partial charge in [-0.1, -0.05) is 19.8 Å². The van der Waals surface area contributed by atoms with Gasteiger partial charge >= 0.3 is 0 Å². The van der Waals surface area contributed by atoms with E-state index in [1.54, 1.807) is 38.5 Å². The van der Waals surface area contributed by atoms with Crippen molar-refractivity contribution in [2.75, 3.05) is 21.3 Å². The van der Waals surface area contributed by atoms with E-state index in [0.717, 1.165) is 31.2 Å². The van der Waals surface area contributed by atoms with Crippen molar-refractivity contribution in [3.05, 3.63) is 47.5 Å². The van der Waals surface area contributed by atoms with E-state index in [-0.39, 0.29) is 34.7 Å². The number of methoxy groups -OCH3 is 3. The molecule has 8 nitrogen and oxygen atoms in total. The molecule has 0 heterocycles. The average Bonchev–Trinajstić information content (AvgIpc) is 2.83. The molecule has 2 N–H and O–H groups in total. The molecule has 33 heavy (non-hydrogen) atoms. The molecule has 2 atom stereocenters. The summed E-state index contributed by atoms with van der Waals surface area (Å²) >= 11 is 0. The summed E-state index contributed by atoms with van der Waals surface area (Å²) in [6.07, 6.45) is 3.88. The maximum Gasteiger partial charge on any atom is 0.251 e. The first kappa shape index (κ1) is 24.9. The maximum atomic E-state index is 13.2. The van der Waals surface area contributed by atoms with Gasteiger partial charge < -0.3 is 19.5 Å². The van der Waals surface area contributed by atoms with E-state index in [9.17, 15) is 13.2 Å². The Morgan fingerprint density at radius 2 is 1.67 bits per heavy atom. The largest absolute Gasteiger partial charge is 0.497 e. The van der Waals surface area contributed by atoms with Crippen molar-refractivity contribution in [2.45, 2.75) is 50.1 Å². The molecule has 180 valence electrons. The fraction of sp³-hybridized carbons (Fsp3) is 0.458. The van der Waals surface area contributed by atoms with Gasteiger partial charge in [-0.15, -0.1) is 0 Å². The predicted molar refractivity (Wildman–Crippen MR) is 125 cm³/mol. The fourth-order valence-corrected chi connectivity index (χ4v) is 5.65. The second kappa shape index (κ2) is 10.9. The summed E-state index contributed by atoms with van der Waals surface area (Å²) in [5.74, 6) is 1.28. The number of carbonyl (C=O) groups is 1. The molecule has 0 aliphatic heterocycles. The second-order valence-corrected chi connectivity index (χ2v) is 9.90. The van der Waals surface area contributed by atoms with Gasteiger partial charge in [0.15, 0.2) is 0 Å². The predicted octanol–water partition coefficient (Wildman–Crippen LogP) is 3.50. The molecule has 1 amide bonds. The molecule has 1 aliphatic rings. The molecule has 2 unspecified atom stereocenters. The molecule has 0 bridgehead atoms. The zero-order valence-electron chi connectivity index (χ0n) is 19.5. The Morgan fingerprint density at radius 3 is 2.33 bits per heavy atom. The monoisotopic (exact) mass is 476 g/mol. The Balaban J connectivity index is 1.80. The van der Waals surface area contributed by atoms with Crippen molar-refractivity contribution in [2.24, 2.45) is 5.92 Å². The third-order valence-electron chi connectivity index (χ3n) is 6.06. The van der Waals surface area contributed by atoms with Gasteiger partial charge in [0.05, 0.1) is 21.3 Å². The van der Waals surface area contributed by atoms with Crippen LogP contribution in [0, 0.1) is 5.92 Å². The molecule has 2 aromatic rings. The van der Waals surface area contributed by atoms with Gasteiger partial charge in [-0.2, -0.15) is 0 Å². The first-order valence-corrected chi connectivity index (χ1v) is 12.5. The van der Waals surface area contributed by atoms with E-state index >= 15 is 0 Å². The van der Waals surface area contributed by atoms with Gasteiger partial charge in [0.2, 0.25) is 10.0 Å². The van der Waals surface area contributed by atoms with E-state index in [2.05, 4.69) is 17.0 Å². The van der Waals surface area contributed by atoms with E-state index in [4.69, 9.17) is 14.2 Å². The van der Waals surface area contributed by atoms with Gasteiger partial charge in [-0.25, -0.2) is 13.1 Å². The Labute approximate surface area is 195 Å². The van der Waals surface area contributed by atoms with Crippen LogP contribution in [0.15, 0.2) is 41.3 Å². The summed E-state index contributed by atoms with van der Waals surface area (Å²) in [7, 11) is 0.650. The third-order valence-corrected chi connectivity index (χ3v) is 7.57. The average molecular weight is 477 g/mol. The molecule has 3 rings (SSSR count). The van der Waals surface area contributed by atoms with Crippen molar-refractivity contribution in [3.8, 4) is 17.2 Å². The van der Waals surface area contributed by atoms with Gasteiger partial charge in [-0.05, 0) is 55.2 Å². The molecule has 1 aliphatic carbocycles. The maximum absolute atomic E-state index is 13.2. The fourth-order valence-electron chi connectivity index (χ4n) is 4.08. The number of ether oxygens (including phenoxy) is 3. The number of sulfonamides is 1. The smallest absolute Gasteiger partial charge is 0.251 e. The van der Waals surface area contributed by atoms with Crippen molar-refractivity contribution in [1.82, 2.24) is 10.0 Å². The minimum atomic E-state index is -3.87. The van der Waals surface area contributed by atoms with Crippen LogP contribution in [0.4, 0.5) is 0 Å². The standard InChI is InChI=1S/C24H32N2O6S/c1-16-7-5-6-8-20(16)26-33(28,29)23-14-17(9-11-22(23)32-4)24(27)25-15-18-13-19(30-2)10-12-21(18)31-3/h9-14,16,20,26H,5-8,15H2,1-4H3,(H,25,27). The number of hydrogen-bond donors (Lipinski definition) is 2. The Bertz CT molecular complexity index is 1090. The molecule has 0 radical (unpaired) electrons. The molecule has 2 aromatic carbocycles. The van der Waals surface area contributed by atoms with Crippen LogP contribution >= 0.6 is 0 Å². The number of carbonyl (C=O) groups excluding carboxylic acids is 1. The highest BCUT2D eigenvalue weighted by atomic mass is 32.2. The molecule has 1 fully saturated rings. The number of amides is 1. The van der Waals surface area contributed by atoms with Crippen molar-refractivity contribution in [3.63, 3.8) is 0 Å². The van der Waals surface area contributed by atoms with Crippen LogP contribution in [0.5, 0.6) is 17.2 Å². The zero-order chi connectivity index (χ0) is 24.0. The van der Waals surface area contributed by atoms with Crippen molar-refractivity contribution < 1.29 is 27.4 Å². The minimum absolute atomic E-state index is 0.0469. The van der Waals surface area contributed by atoms with E-state index in [1.165, 1.54) is 19.2 Å². The lowest BCUT2D eigenvalue weighted by Crippen LogP contribution is -2.41. The summed E-state index contributed by atoms with van der Waals surface area (Å²) in [5, 5.41) is 2.82. The second-order valence-electron chi connectivity index (χ2n) is 8.22. The Kier molecular flexibility index (Phi) is 8.20. The third kappa shape index (κ3) is 5.97. The van der Waals surface area contributed by atoms with Gasteiger partial charge in [-0.3, -0.25) is 4.79 Å². The van der Waals surface area contributed by atoms with Crippen LogP contribution in [-0.4, -0.2) is 41.7 Å². The van der Waals surface area contributed by atoms with E-state index in [0.29, 0.717) is 11.5 Å². The highest BCUT2D eigenvalue weighted by molar-refractivity contribution is 7.89. The molecule has 0 aromatic heterocycles. The summed E-state index contributed by atoms with van der Waals surface area (Å²) in [5.41, 5.74) is 0.953. The molecule has 0 saturated heterocycles. The van der Waals surface area contributed by atoms with Gasteiger partial charge in [0, 0.05) is 23.7 Å². The highest BCUT2D eigenvalue weighted by Gasteiger charge is 2.29. The Morgan fingerprint density at radius 1 is 0.970 bits per heavy atom. The van der Waals surface area contributed by atoms with Crippen LogP contribution in [0.1, 0.15) is 48.5 Å². The normalized spacial score (nSPS) is 18.4. The van der Waals surface area contributed by atoms with E-state index < -0.39 is 15.9 Å². The summed E-state index contributed by atoms with van der Waals surface area (Å²) in [6, 6.07) is 9.57. The molecular formula is C24H32N2O6S. The first-order chi connectivity index (χ1) is 15.8. The van der Waals surface area contributed by atoms with Gasteiger partial charge in [0.1, 0.15) is 22.1 Å². The lowest BCUT2D eigenvalue weighted by Gasteiger charge is -2.29. The van der Waals surface area contributed by atoms with Gasteiger partial charge in [0.25, 0.3) is 5.91 Å². The summed E-state index contributed by atoms with van der Waals surface area (Å²) in [6.45, 7) is 2.24. The van der Waals surface area contributed by atoms with E-state index in [1.807, 2.05) is 0 Å². The summed E-state index contributed by atoms with van der Waals surface area (Å²) < 4.78 is 45.1. The Hall–Kier alpha value is -2.78. The lowest BCUT2D eigenvalue weighted by molar-refractivity contribution is 0.0950. The summed E-state index contributed by atoms with van der Waals surface area (Å²) in [4.78, 5) is 12.8. The van der Waals surface area contributed by atoms with Crippen LogP contribution in [0.25, 0.3) is 0 Å². The number of hydrogen-bond acceptors (Lipinski definition) is 6. The quantitative estimate of drug-likeness (QED) is 0.574. The first-order valence-electron chi connectivity index (χ1n) is 11.0. The number of nitrogens with one attached hydrogen (secondary N) is 2. The van der Waals surface area contributed by atoms with Crippen LogP contribution in [0.2, 0.25) is 0 Å². The number of benzene rings is 2. The molecule has 1 saturated carbocycles. The van der Waals surface area contributed by atoms with Crippen LogP contribution < -0.4 is 24.2 Å². The minimum Gasteiger partial charge on any atom is -0.497 e. The highest BCUT2D eigenvalue weighted by Crippen LogP contribution is 2.29. The molecule has 0 spiro atoms. The SMILES string of the molecule is COc1ccc(OC)c(CNC(=O)c2ccc(OC)c(S(=O)(=O)NC3CCCCC3C)c2)c1. The van der Waals surface area contributed by atoms with Crippen LogP contribution in [-0.2, 0) is 16.6 Å². The number of rotatable bonds is 9. The van der Waals surface area contributed by atoms with Crippen molar-refractivity contribution in [1.29, 1.82) is 0 Å². The molecule has 9 heteroatoms. The lowest BCUT2D eigenvalue weighted by atomic mass is 9.87. The molecular weight excluding hydrogens is 444 g/mol. The zero-order valence-corrected chi connectivity index (χ0v) is 20.3.